The molecule has 3 aromatic carbocycles. The summed E-state index contributed by atoms with van der Waals surface area (Å²) in [5, 5.41) is 11.0. The third kappa shape index (κ3) is 6.02. The average molecular weight is 660 g/mol. The minimum atomic E-state index is -0.486. The molecule has 250 valence electrons. The van der Waals surface area contributed by atoms with Crippen LogP contribution in [0.4, 0.5) is 16.2 Å². The fourth-order valence-corrected chi connectivity index (χ4v) is 6.38. The number of urea groups is 1. The molecule has 0 atom stereocenters. The maximum absolute atomic E-state index is 13.7. The lowest BCUT2D eigenvalue weighted by Gasteiger charge is -2.32. The van der Waals surface area contributed by atoms with Gasteiger partial charge in [0.25, 0.3) is 5.91 Å². The van der Waals surface area contributed by atoms with Crippen LogP contribution in [0.1, 0.15) is 37.7 Å². The van der Waals surface area contributed by atoms with Crippen LogP contribution in [0.2, 0.25) is 0 Å². The second-order valence-electron chi connectivity index (χ2n) is 12.4. The van der Waals surface area contributed by atoms with Gasteiger partial charge in [-0.05, 0) is 87.6 Å². The van der Waals surface area contributed by atoms with Gasteiger partial charge in [-0.1, -0.05) is 0 Å². The van der Waals surface area contributed by atoms with Crippen molar-refractivity contribution in [2.45, 2.75) is 13.8 Å². The van der Waals surface area contributed by atoms with Gasteiger partial charge in [-0.2, -0.15) is 5.10 Å². The van der Waals surface area contributed by atoms with Gasteiger partial charge in [-0.25, -0.2) is 4.79 Å². The molecule has 3 amide bonds. The van der Waals surface area contributed by atoms with Crippen LogP contribution in [-0.4, -0.2) is 82.6 Å². The van der Waals surface area contributed by atoms with E-state index in [0.29, 0.717) is 47.1 Å². The Labute approximate surface area is 283 Å². The molecule has 0 aliphatic carbocycles. The highest BCUT2D eigenvalue weighted by Gasteiger charge is 2.30. The van der Waals surface area contributed by atoms with E-state index in [0.717, 1.165) is 52.2 Å². The summed E-state index contributed by atoms with van der Waals surface area (Å²) in [5.41, 5.74) is 7.11. The number of Topliss-reactive ketones (excluding diaryl/α,β-unsaturated/α-hetero) is 1. The van der Waals surface area contributed by atoms with Gasteiger partial charge in [0, 0.05) is 77.9 Å². The van der Waals surface area contributed by atoms with Crippen molar-refractivity contribution in [3.63, 3.8) is 0 Å². The first-order chi connectivity index (χ1) is 23.6. The second kappa shape index (κ2) is 12.6. The number of ketones is 1. The number of allylic oxidation sites excluding steroid dienone is 1. The number of benzene rings is 3. The standard InChI is InChI=1S/C37H37N7O5/c1-21-33(22(2)43(4)41-21)34-28(27-19-26(48-5)11-12-30(27)40-34)20-32-35(45)29-18-25(10-13-31(29)49-32)39-37(47)38-24-8-6-23(7-9-24)36(46)44-16-14-42(3)15-17-44/h6-13,18-20,40H,14-17H2,1-5H3,(H2,38,39,47). The van der Waals surface area contributed by atoms with Gasteiger partial charge >= 0.3 is 6.03 Å². The first-order valence-corrected chi connectivity index (χ1v) is 16.0. The van der Waals surface area contributed by atoms with E-state index in [4.69, 9.17) is 9.47 Å². The van der Waals surface area contributed by atoms with E-state index < -0.39 is 6.03 Å². The minimum absolute atomic E-state index is 0.0227. The van der Waals surface area contributed by atoms with E-state index in [2.05, 4.69) is 25.6 Å². The number of hydrogen-bond donors (Lipinski definition) is 3. The lowest BCUT2D eigenvalue weighted by molar-refractivity contribution is 0.0664. The molecule has 4 heterocycles. The number of nitrogens with one attached hydrogen (secondary N) is 3. The predicted molar refractivity (Wildman–Crippen MR) is 188 cm³/mol. The number of aromatic nitrogens is 3. The molecule has 2 aliphatic heterocycles. The van der Waals surface area contributed by atoms with E-state index in [1.54, 1.807) is 55.7 Å². The van der Waals surface area contributed by atoms with Crippen molar-refractivity contribution in [2.24, 2.45) is 7.05 Å². The average Bonchev–Trinajstić information content (AvgIpc) is 3.69. The van der Waals surface area contributed by atoms with Gasteiger partial charge < -0.3 is 34.9 Å². The number of nitrogens with zero attached hydrogens (tertiary/aromatic N) is 4. The summed E-state index contributed by atoms with van der Waals surface area (Å²) in [7, 11) is 5.56. The van der Waals surface area contributed by atoms with E-state index in [9.17, 15) is 14.4 Å². The first kappa shape index (κ1) is 31.7. The Kier molecular flexibility index (Phi) is 8.17. The molecule has 0 spiro atoms. The third-order valence-electron chi connectivity index (χ3n) is 9.19. The van der Waals surface area contributed by atoms with Crippen LogP contribution >= 0.6 is 0 Å². The zero-order chi connectivity index (χ0) is 34.4. The highest BCUT2D eigenvalue weighted by Crippen LogP contribution is 2.39. The number of H-pyrrole nitrogens is 1. The molecule has 12 nitrogen and oxygen atoms in total. The molecule has 3 N–H and O–H groups in total. The summed E-state index contributed by atoms with van der Waals surface area (Å²) in [6.45, 7) is 7.02. The van der Waals surface area contributed by atoms with E-state index >= 15 is 0 Å². The largest absolute Gasteiger partial charge is 0.497 e. The number of rotatable bonds is 6. The Bertz CT molecular complexity index is 2150. The molecule has 1 saturated heterocycles. The number of aromatic amines is 1. The number of anilines is 2. The highest BCUT2D eigenvalue weighted by atomic mass is 16.5. The van der Waals surface area contributed by atoms with Crippen molar-refractivity contribution in [3.05, 3.63) is 94.5 Å². The molecule has 1 fully saturated rings. The summed E-state index contributed by atoms with van der Waals surface area (Å²) < 4.78 is 13.4. The Morgan fingerprint density at radius 3 is 2.35 bits per heavy atom. The van der Waals surface area contributed by atoms with Crippen LogP contribution in [0.5, 0.6) is 11.5 Å². The molecular weight excluding hydrogens is 622 g/mol. The number of aryl methyl sites for hydroxylation is 2. The smallest absolute Gasteiger partial charge is 0.323 e. The molecule has 0 bridgehead atoms. The molecule has 0 unspecified atom stereocenters. The predicted octanol–water partition coefficient (Wildman–Crippen LogP) is 5.84. The Morgan fingerprint density at radius 2 is 1.65 bits per heavy atom. The fraction of sp³-hybridized carbons (Fsp3) is 0.243. The zero-order valence-electron chi connectivity index (χ0n) is 28.0. The lowest BCUT2D eigenvalue weighted by Crippen LogP contribution is -2.47. The normalized spacial score (nSPS) is 15.4. The molecular formula is C37H37N7O5. The van der Waals surface area contributed by atoms with Gasteiger partial charge in [0.15, 0.2) is 5.76 Å². The number of piperazine rings is 1. The Hall–Kier alpha value is -5.88. The van der Waals surface area contributed by atoms with Crippen LogP contribution in [-0.2, 0) is 7.05 Å². The summed E-state index contributed by atoms with van der Waals surface area (Å²) >= 11 is 0. The number of hydrogen-bond acceptors (Lipinski definition) is 7. The first-order valence-electron chi connectivity index (χ1n) is 16.0. The number of ether oxygens (including phenoxy) is 2. The topological polar surface area (TPSA) is 134 Å². The quantitative estimate of drug-likeness (QED) is 0.195. The van der Waals surface area contributed by atoms with Crippen molar-refractivity contribution in [1.29, 1.82) is 0 Å². The van der Waals surface area contributed by atoms with Crippen molar-refractivity contribution in [3.8, 4) is 22.8 Å². The Balaban J connectivity index is 1.09. The minimum Gasteiger partial charge on any atom is -0.497 e. The SMILES string of the molecule is COc1ccc2[nH]c(-c3c(C)nn(C)c3C)c(C=C3Oc4ccc(NC(=O)Nc5ccc(C(=O)N6CCN(C)CC6)cc5)cc4C3=O)c2c1. The van der Waals surface area contributed by atoms with Crippen molar-refractivity contribution < 1.29 is 23.9 Å². The molecule has 49 heavy (non-hydrogen) atoms. The van der Waals surface area contributed by atoms with E-state index in [1.807, 2.05) is 55.7 Å². The number of fused-ring (bicyclic) bond motifs is 2. The van der Waals surface area contributed by atoms with Crippen molar-refractivity contribution in [1.82, 2.24) is 24.6 Å². The van der Waals surface area contributed by atoms with Gasteiger partial charge in [0.2, 0.25) is 5.78 Å². The zero-order valence-corrected chi connectivity index (χ0v) is 28.0. The molecule has 0 radical (unpaired) electrons. The molecule has 2 aliphatic rings. The van der Waals surface area contributed by atoms with E-state index in [1.165, 1.54) is 0 Å². The van der Waals surface area contributed by atoms with Gasteiger partial charge in [0.05, 0.1) is 24.1 Å². The van der Waals surface area contributed by atoms with Crippen LogP contribution in [0.15, 0.2) is 66.4 Å². The van der Waals surface area contributed by atoms with Crippen molar-refractivity contribution in [2.75, 3.05) is 51.0 Å². The number of carbonyl (C=O) groups is 3. The Morgan fingerprint density at radius 1 is 0.939 bits per heavy atom. The number of carbonyl (C=O) groups excluding carboxylic acids is 3. The summed E-state index contributed by atoms with van der Waals surface area (Å²) in [4.78, 5) is 47.0. The summed E-state index contributed by atoms with van der Waals surface area (Å²) in [6.07, 6.45) is 1.75. The maximum Gasteiger partial charge on any atom is 0.323 e. The molecule has 7 rings (SSSR count). The third-order valence-corrected chi connectivity index (χ3v) is 9.19. The maximum atomic E-state index is 13.7. The fourth-order valence-electron chi connectivity index (χ4n) is 6.38. The van der Waals surface area contributed by atoms with Gasteiger partial charge in [0.1, 0.15) is 11.5 Å². The molecule has 0 saturated carbocycles. The number of likely N-dealkylation sites (N-methyl/N-ethyl adjacent to an activating group) is 1. The molecule has 5 aromatic rings. The highest BCUT2D eigenvalue weighted by molar-refractivity contribution is 6.16. The van der Waals surface area contributed by atoms with Crippen molar-refractivity contribution >= 4 is 46.1 Å². The van der Waals surface area contributed by atoms with Crippen LogP contribution in [0.25, 0.3) is 28.2 Å². The summed E-state index contributed by atoms with van der Waals surface area (Å²) in [6, 6.07) is 17.0. The number of methoxy groups -OCH3 is 1. The van der Waals surface area contributed by atoms with Gasteiger partial charge in [-0.3, -0.25) is 14.3 Å². The van der Waals surface area contributed by atoms with Crippen LogP contribution < -0.4 is 20.1 Å². The second-order valence-corrected chi connectivity index (χ2v) is 12.4. The molecule has 2 aromatic heterocycles. The molecule has 12 heteroatoms. The van der Waals surface area contributed by atoms with Crippen LogP contribution in [0.3, 0.4) is 0 Å². The van der Waals surface area contributed by atoms with Gasteiger partial charge in [-0.15, -0.1) is 0 Å². The van der Waals surface area contributed by atoms with Crippen LogP contribution in [0, 0.1) is 13.8 Å². The van der Waals surface area contributed by atoms with E-state index in [-0.39, 0.29) is 17.4 Å². The number of amides is 3. The monoisotopic (exact) mass is 659 g/mol. The summed E-state index contributed by atoms with van der Waals surface area (Å²) in [5.74, 6) is 0.916. The lowest BCUT2D eigenvalue weighted by atomic mass is 10.0.